The Kier molecular flexibility index (Phi) is 2.89. The van der Waals surface area contributed by atoms with Gasteiger partial charge in [-0.2, -0.15) is 0 Å². The van der Waals surface area contributed by atoms with Crippen LogP contribution >= 0.6 is 0 Å². The fourth-order valence-electron chi connectivity index (χ4n) is 4.12. The molecule has 1 aliphatic carbocycles. The van der Waals surface area contributed by atoms with E-state index in [1.807, 2.05) is 0 Å². The lowest BCUT2D eigenvalue weighted by Gasteiger charge is -2.31. The molecule has 0 spiro atoms. The summed E-state index contributed by atoms with van der Waals surface area (Å²) in [6.45, 7) is 3.33. The molecule has 1 saturated heterocycles. The second kappa shape index (κ2) is 4.75. The standard InChI is InChI=1S/C19H21N/c1-13-8-10-14(11-9-13)18-15-5-2-3-6-16(15)19-17(18)7-4-12-20-19/h2-3,5-6,8-11,17-20H,4,7,12H2,1H3/t17-,18-,19+/m1/s1. The molecular formula is C19H21N. The molecule has 1 heteroatoms. The van der Waals surface area contributed by atoms with Gasteiger partial charge in [-0.15, -0.1) is 0 Å². The van der Waals surface area contributed by atoms with Crippen molar-refractivity contribution < 1.29 is 0 Å². The number of rotatable bonds is 1. The Morgan fingerprint density at radius 2 is 1.70 bits per heavy atom. The Balaban J connectivity index is 1.83. The summed E-state index contributed by atoms with van der Waals surface area (Å²) in [6, 6.07) is 18.7. The Hall–Kier alpha value is -1.60. The lowest BCUT2D eigenvalue weighted by molar-refractivity contribution is 0.287. The Morgan fingerprint density at radius 3 is 2.50 bits per heavy atom. The maximum Gasteiger partial charge on any atom is 0.0360 e. The van der Waals surface area contributed by atoms with E-state index in [0.717, 1.165) is 12.5 Å². The van der Waals surface area contributed by atoms with Gasteiger partial charge in [0.2, 0.25) is 0 Å². The van der Waals surface area contributed by atoms with Crippen molar-refractivity contribution in [2.45, 2.75) is 31.7 Å². The summed E-state index contributed by atoms with van der Waals surface area (Å²) >= 11 is 0. The molecular weight excluding hydrogens is 242 g/mol. The van der Waals surface area contributed by atoms with Crippen molar-refractivity contribution in [1.82, 2.24) is 5.32 Å². The van der Waals surface area contributed by atoms with Crippen molar-refractivity contribution in [3.63, 3.8) is 0 Å². The molecule has 1 N–H and O–H groups in total. The van der Waals surface area contributed by atoms with Gasteiger partial charge in [0.15, 0.2) is 0 Å². The molecule has 1 aliphatic heterocycles. The Labute approximate surface area is 121 Å². The average Bonchev–Trinajstić information content (AvgIpc) is 2.83. The summed E-state index contributed by atoms with van der Waals surface area (Å²) in [5, 5.41) is 3.75. The number of hydrogen-bond acceptors (Lipinski definition) is 1. The van der Waals surface area contributed by atoms with Crippen LogP contribution in [0.1, 0.15) is 47.1 Å². The highest BCUT2D eigenvalue weighted by Crippen LogP contribution is 2.51. The second-order valence-corrected chi connectivity index (χ2v) is 6.26. The van der Waals surface area contributed by atoms with Crippen molar-refractivity contribution >= 4 is 0 Å². The van der Waals surface area contributed by atoms with Gasteiger partial charge in [-0.3, -0.25) is 0 Å². The second-order valence-electron chi connectivity index (χ2n) is 6.26. The van der Waals surface area contributed by atoms with Crippen molar-refractivity contribution in [2.24, 2.45) is 5.92 Å². The van der Waals surface area contributed by atoms with Crippen LogP contribution in [0.3, 0.4) is 0 Å². The number of nitrogens with one attached hydrogen (secondary N) is 1. The quantitative estimate of drug-likeness (QED) is 0.814. The third kappa shape index (κ3) is 1.81. The van der Waals surface area contributed by atoms with Crippen LogP contribution in [-0.2, 0) is 0 Å². The zero-order valence-electron chi connectivity index (χ0n) is 12.0. The summed E-state index contributed by atoms with van der Waals surface area (Å²) < 4.78 is 0. The molecule has 3 atom stereocenters. The van der Waals surface area contributed by atoms with E-state index in [1.165, 1.54) is 29.5 Å². The zero-order chi connectivity index (χ0) is 13.5. The largest absolute Gasteiger partial charge is 0.310 e. The Morgan fingerprint density at radius 1 is 0.950 bits per heavy atom. The van der Waals surface area contributed by atoms with E-state index in [-0.39, 0.29) is 0 Å². The van der Waals surface area contributed by atoms with Gasteiger partial charge in [-0.1, -0.05) is 54.1 Å². The van der Waals surface area contributed by atoms with Gasteiger partial charge in [0.1, 0.15) is 0 Å². The van der Waals surface area contributed by atoms with E-state index >= 15 is 0 Å². The molecule has 2 aromatic rings. The van der Waals surface area contributed by atoms with Crippen molar-refractivity contribution in [2.75, 3.05) is 6.54 Å². The van der Waals surface area contributed by atoms with Crippen LogP contribution in [0.5, 0.6) is 0 Å². The maximum atomic E-state index is 3.75. The molecule has 20 heavy (non-hydrogen) atoms. The topological polar surface area (TPSA) is 12.0 Å². The highest BCUT2D eigenvalue weighted by Gasteiger charge is 2.41. The van der Waals surface area contributed by atoms with Crippen LogP contribution in [0.25, 0.3) is 0 Å². The van der Waals surface area contributed by atoms with Crippen LogP contribution in [0, 0.1) is 12.8 Å². The summed E-state index contributed by atoms with van der Waals surface area (Å²) in [7, 11) is 0. The van der Waals surface area contributed by atoms with Gasteiger partial charge < -0.3 is 5.32 Å². The highest BCUT2D eigenvalue weighted by molar-refractivity contribution is 5.46. The summed E-state index contributed by atoms with van der Waals surface area (Å²) in [4.78, 5) is 0. The molecule has 0 unspecified atom stereocenters. The first-order valence-corrected chi connectivity index (χ1v) is 7.73. The van der Waals surface area contributed by atoms with E-state index in [0.29, 0.717) is 12.0 Å². The van der Waals surface area contributed by atoms with Gasteiger partial charge in [0, 0.05) is 12.0 Å². The highest BCUT2D eigenvalue weighted by atomic mass is 14.9. The fourth-order valence-corrected chi connectivity index (χ4v) is 4.12. The summed E-state index contributed by atoms with van der Waals surface area (Å²) in [6.07, 6.45) is 2.64. The van der Waals surface area contributed by atoms with E-state index in [4.69, 9.17) is 0 Å². The zero-order valence-corrected chi connectivity index (χ0v) is 12.0. The molecule has 102 valence electrons. The smallest absolute Gasteiger partial charge is 0.0360 e. The number of benzene rings is 2. The third-order valence-corrected chi connectivity index (χ3v) is 5.04. The minimum absolute atomic E-state index is 0.561. The first kappa shape index (κ1) is 12.2. The average molecular weight is 263 g/mol. The molecule has 1 heterocycles. The molecule has 0 saturated carbocycles. The first-order valence-electron chi connectivity index (χ1n) is 7.73. The maximum absolute atomic E-state index is 3.75. The minimum Gasteiger partial charge on any atom is -0.310 e. The summed E-state index contributed by atoms with van der Waals surface area (Å²) in [5.41, 5.74) is 5.90. The first-order chi connectivity index (χ1) is 9.84. The van der Waals surface area contributed by atoms with Crippen LogP contribution in [-0.4, -0.2) is 6.54 Å². The van der Waals surface area contributed by atoms with E-state index in [2.05, 4.69) is 60.8 Å². The fraction of sp³-hybridized carbons (Fsp3) is 0.368. The number of hydrogen-bond donors (Lipinski definition) is 1. The number of fused-ring (bicyclic) bond motifs is 3. The molecule has 1 fully saturated rings. The molecule has 0 amide bonds. The molecule has 2 aliphatic rings. The number of aryl methyl sites for hydroxylation is 1. The van der Waals surface area contributed by atoms with Crippen LogP contribution in [0.4, 0.5) is 0 Å². The molecule has 1 nitrogen and oxygen atoms in total. The Bertz CT molecular complexity index is 614. The molecule has 4 rings (SSSR count). The molecule has 0 radical (unpaired) electrons. The molecule has 0 bridgehead atoms. The third-order valence-electron chi connectivity index (χ3n) is 5.04. The van der Waals surface area contributed by atoms with E-state index < -0.39 is 0 Å². The molecule has 0 aromatic heterocycles. The summed E-state index contributed by atoms with van der Waals surface area (Å²) in [5.74, 6) is 1.30. The van der Waals surface area contributed by atoms with Gasteiger partial charge in [-0.25, -0.2) is 0 Å². The predicted molar refractivity (Wildman–Crippen MR) is 82.9 cm³/mol. The normalized spacial score (nSPS) is 27.9. The van der Waals surface area contributed by atoms with Crippen LogP contribution in [0.2, 0.25) is 0 Å². The monoisotopic (exact) mass is 263 g/mol. The predicted octanol–water partition coefficient (Wildman–Crippen LogP) is 4.18. The lowest BCUT2D eigenvalue weighted by Crippen LogP contribution is -2.32. The van der Waals surface area contributed by atoms with Crippen LogP contribution in [0.15, 0.2) is 48.5 Å². The van der Waals surface area contributed by atoms with Gasteiger partial charge in [-0.05, 0) is 48.9 Å². The van der Waals surface area contributed by atoms with Crippen LogP contribution < -0.4 is 5.32 Å². The van der Waals surface area contributed by atoms with Gasteiger partial charge >= 0.3 is 0 Å². The minimum atomic E-state index is 0.561. The SMILES string of the molecule is Cc1ccc([C@@H]2c3ccccc3[C@@H]3NCCC[C@H]23)cc1. The lowest BCUT2D eigenvalue weighted by atomic mass is 9.80. The van der Waals surface area contributed by atoms with Crippen molar-refractivity contribution in [1.29, 1.82) is 0 Å². The van der Waals surface area contributed by atoms with E-state index in [1.54, 1.807) is 5.56 Å². The number of piperidine rings is 1. The molecule has 2 aromatic carbocycles. The van der Waals surface area contributed by atoms with Gasteiger partial charge in [0.25, 0.3) is 0 Å². The van der Waals surface area contributed by atoms with Gasteiger partial charge in [0.05, 0.1) is 0 Å². The van der Waals surface area contributed by atoms with Crippen molar-refractivity contribution in [3.8, 4) is 0 Å². The van der Waals surface area contributed by atoms with E-state index in [9.17, 15) is 0 Å². The van der Waals surface area contributed by atoms with Crippen molar-refractivity contribution in [3.05, 3.63) is 70.8 Å².